The van der Waals surface area contributed by atoms with Crippen LogP contribution in [0.3, 0.4) is 0 Å². The van der Waals surface area contributed by atoms with E-state index in [1.165, 1.54) is 5.56 Å². The Morgan fingerprint density at radius 2 is 2.00 bits per heavy atom. The minimum Gasteiger partial charge on any atom is -0.354 e. The quantitative estimate of drug-likeness (QED) is 0.489. The summed E-state index contributed by atoms with van der Waals surface area (Å²) in [5.41, 5.74) is 11.3. The summed E-state index contributed by atoms with van der Waals surface area (Å²) in [6.45, 7) is 2.62. The number of pyridine rings is 1. The smallest absolute Gasteiger partial charge is 0.130 e. The number of hydrogen-bond acceptors (Lipinski definition) is 3. The first-order valence-electron chi connectivity index (χ1n) is 8.27. The Morgan fingerprint density at radius 1 is 1.12 bits per heavy atom. The molecule has 0 spiro atoms. The second-order valence-corrected chi connectivity index (χ2v) is 6.69. The summed E-state index contributed by atoms with van der Waals surface area (Å²) in [4.78, 5) is 7.93. The second kappa shape index (κ2) is 6.39. The lowest BCUT2D eigenvalue weighted by Gasteiger charge is -2.10. The zero-order valence-electron chi connectivity index (χ0n) is 13.9. The van der Waals surface area contributed by atoms with Crippen molar-refractivity contribution in [1.82, 2.24) is 9.97 Å². The van der Waals surface area contributed by atoms with Crippen LogP contribution < -0.4 is 11.1 Å². The van der Waals surface area contributed by atoms with Crippen molar-refractivity contribution in [2.75, 3.05) is 11.9 Å². The Bertz CT molecular complexity index is 1050. The van der Waals surface area contributed by atoms with Gasteiger partial charge < -0.3 is 16.0 Å². The first kappa shape index (κ1) is 15.9. The number of hydrogen-bond donors (Lipinski definition) is 3. The number of aromatic amines is 1. The fraction of sp³-hybridized carbons (Fsp3) is 0.150. The zero-order valence-corrected chi connectivity index (χ0v) is 14.7. The van der Waals surface area contributed by atoms with Gasteiger partial charge in [-0.25, -0.2) is 4.98 Å². The first-order chi connectivity index (χ1) is 12.1. The normalized spacial score (nSPS) is 11.3. The summed E-state index contributed by atoms with van der Waals surface area (Å²) < 4.78 is 0. The third kappa shape index (κ3) is 3.06. The number of fused-ring (bicyclic) bond motifs is 3. The Labute approximate surface area is 151 Å². The molecule has 0 radical (unpaired) electrons. The van der Waals surface area contributed by atoms with E-state index in [4.69, 9.17) is 17.3 Å². The summed E-state index contributed by atoms with van der Waals surface area (Å²) in [5.74, 6) is 0.821. The van der Waals surface area contributed by atoms with Gasteiger partial charge in [-0.1, -0.05) is 17.7 Å². The highest BCUT2D eigenvalue weighted by molar-refractivity contribution is 6.31. The van der Waals surface area contributed by atoms with Crippen molar-refractivity contribution in [3.8, 4) is 0 Å². The van der Waals surface area contributed by atoms with Crippen molar-refractivity contribution < 1.29 is 0 Å². The number of anilines is 2. The lowest BCUT2D eigenvalue weighted by atomic mass is 10.0. The predicted octanol–water partition coefficient (Wildman–Crippen LogP) is 4.92. The molecule has 0 fully saturated rings. The molecular weight excluding hydrogens is 332 g/mol. The van der Waals surface area contributed by atoms with E-state index in [1.807, 2.05) is 43.5 Å². The van der Waals surface area contributed by atoms with Crippen molar-refractivity contribution in [3.63, 3.8) is 0 Å². The third-order valence-electron chi connectivity index (χ3n) is 4.35. The lowest BCUT2D eigenvalue weighted by Crippen LogP contribution is -2.04. The molecule has 4 aromatic rings. The third-order valence-corrected chi connectivity index (χ3v) is 4.58. The van der Waals surface area contributed by atoms with Gasteiger partial charge >= 0.3 is 0 Å². The molecule has 126 valence electrons. The number of halogens is 1. The summed E-state index contributed by atoms with van der Waals surface area (Å²) in [5, 5.41) is 6.37. The molecule has 4 nitrogen and oxygen atoms in total. The monoisotopic (exact) mass is 350 g/mol. The molecule has 2 aromatic heterocycles. The summed E-state index contributed by atoms with van der Waals surface area (Å²) in [7, 11) is 0. The number of nitrogens with one attached hydrogen (secondary N) is 2. The molecule has 0 atom stereocenters. The van der Waals surface area contributed by atoms with Gasteiger partial charge in [0, 0.05) is 38.7 Å². The maximum atomic E-state index is 6.20. The maximum absolute atomic E-state index is 6.20. The van der Waals surface area contributed by atoms with Gasteiger partial charge in [-0.2, -0.15) is 0 Å². The highest BCUT2D eigenvalue weighted by atomic mass is 35.5. The van der Waals surface area contributed by atoms with E-state index >= 15 is 0 Å². The van der Waals surface area contributed by atoms with Gasteiger partial charge in [-0.05, 0) is 67.4 Å². The van der Waals surface area contributed by atoms with Gasteiger partial charge in [0.05, 0.1) is 0 Å². The van der Waals surface area contributed by atoms with Crippen LogP contribution >= 0.6 is 11.6 Å². The molecule has 4 rings (SSSR count). The molecule has 0 saturated heterocycles. The molecule has 0 bridgehead atoms. The average Bonchev–Trinajstić information content (AvgIpc) is 2.96. The number of H-pyrrole nitrogens is 1. The average molecular weight is 351 g/mol. The molecule has 2 heterocycles. The number of rotatable bonds is 4. The Kier molecular flexibility index (Phi) is 4.07. The number of aromatic nitrogens is 2. The van der Waals surface area contributed by atoms with Crippen LogP contribution in [0.25, 0.3) is 21.8 Å². The molecule has 0 aliphatic rings. The van der Waals surface area contributed by atoms with E-state index in [1.54, 1.807) is 0 Å². The number of nitrogens with two attached hydrogens (primary N) is 1. The van der Waals surface area contributed by atoms with E-state index in [2.05, 4.69) is 27.4 Å². The number of benzene rings is 2. The van der Waals surface area contributed by atoms with E-state index in [0.29, 0.717) is 6.54 Å². The van der Waals surface area contributed by atoms with Crippen molar-refractivity contribution in [3.05, 3.63) is 64.8 Å². The maximum Gasteiger partial charge on any atom is 0.130 e. The van der Waals surface area contributed by atoms with Crippen LogP contribution in [0.5, 0.6) is 0 Å². The molecule has 0 unspecified atom stereocenters. The Hall–Kier alpha value is -2.56. The molecular formula is C20H19ClN4. The van der Waals surface area contributed by atoms with Crippen molar-refractivity contribution in [2.45, 2.75) is 13.3 Å². The minimum atomic E-state index is 0.595. The van der Waals surface area contributed by atoms with Crippen molar-refractivity contribution in [1.29, 1.82) is 0 Å². The minimum absolute atomic E-state index is 0.595. The fourth-order valence-corrected chi connectivity index (χ4v) is 3.33. The van der Waals surface area contributed by atoms with Gasteiger partial charge in [-0.15, -0.1) is 0 Å². The molecule has 0 aliphatic heterocycles. The molecule has 25 heavy (non-hydrogen) atoms. The Balaban J connectivity index is 1.87. The van der Waals surface area contributed by atoms with Gasteiger partial charge in [0.15, 0.2) is 0 Å². The summed E-state index contributed by atoms with van der Waals surface area (Å²) >= 11 is 6.20. The predicted molar refractivity (Wildman–Crippen MR) is 106 cm³/mol. The summed E-state index contributed by atoms with van der Waals surface area (Å²) in [6.07, 6.45) is 2.65. The van der Waals surface area contributed by atoms with Crippen molar-refractivity contribution in [2.24, 2.45) is 5.73 Å². The van der Waals surface area contributed by atoms with Crippen molar-refractivity contribution >= 4 is 44.9 Å². The van der Waals surface area contributed by atoms with Crippen LogP contribution in [-0.2, 0) is 6.42 Å². The van der Waals surface area contributed by atoms with E-state index in [-0.39, 0.29) is 0 Å². The zero-order chi connectivity index (χ0) is 17.4. The molecule has 0 amide bonds. The van der Waals surface area contributed by atoms with Crippen LogP contribution in [0.2, 0.25) is 5.02 Å². The van der Waals surface area contributed by atoms with E-state index < -0.39 is 0 Å². The molecule has 5 heteroatoms. The van der Waals surface area contributed by atoms with Crippen LogP contribution in [0.4, 0.5) is 11.5 Å². The molecule has 2 aromatic carbocycles. The standard InChI is InChI=1S/C20H19ClN4/c1-12-2-5-19(23-11-12)24-15-8-13(6-7-22)20-17(10-15)16-9-14(21)3-4-18(16)25-20/h2-5,8-11,25H,6-7,22H2,1H3,(H,23,24). The molecule has 0 saturated carbocycles. The van der Waals surface area contributed by atoms with Crippen LogP contribution in [0.1, 0.15) is 11.1 Å². The largest absolute Gasteiger partial charge is 0.354 e. The highest BCUT2D eigenvalue weighted by Gasteiger charge is 2.11. The second-order valence-electron chi connectivity index (χ2n) is 6.26. The van der Waals surface area contributed by atoms with Gasteiger partial charge in [0.2, 0.25) is 0 Å². The number of aryl methyl sites for hydroxylation is 1. The van der Waals surface area contributed by atoms with E-state index in [0.717, 1.165) is 50.3 Å². The van der Waals surface area contributed by atoms with Crippen LogP contribution in [0.15, 0.2) is 48.7 Å². The SMILES string of the molecule is Cc1ccc(Nc2cc(CCN)c3[nH]c4ccc(Cl)cc4c3c2)nc1. The lowest BCUT2D eigenvalue weighted by molar-refractivity contribution is 0.975. The van der Waals surface area contributed by atoms with Crippen LogP contribution in [-0.4, -0.2) is 16.5 Å². The summed E-state index contributed by atoms with van der Waals surface area (Å²) in [6, 6.07) is 14.2. The van der Waals surface area contributed by atoms with Gasteiger partial charge in [-0.3, -0.25) is 0 Å². The Morgan fingerprint density at radius 3 is 2.76 bits per heavy atom. The number of nitrogens with zero attached hydrogens (tertiary/aromatic N) is 1. The fourth-order valence-electron chi connectivity index (χ4n) is 3.16. The van der Waals surface area contributed by atoms with Gasteiger partial charge in [0.1, 0.15) is 5.82 Å². The van der Waals surface area contributed by atoms with Gasteiger partial charge in [0.25, 0.3) is 0 Å². The molecule has 4 N–H and O–H groups in total. The highest BCUT2D eigenvalue weighted by Crippen LogP contribution is 2.33. The van der Waals surface area contributed by atoms with E-state index in [9.17, 15) is 0 Å². The van der Waals surface area contributed by atoms with Crippen LogP contribution in [0, 0.1) is 6.92 Å². The first-order valence-corrected chi connectivity index (χ1v) is 8.65. The molecule has 0 aliphatic carbocycles. The topological polar surface area (TPSA) is 66.7 Å².